The number of thiophene rings is 1. The molecule has 29 heavy (non-hydrogen) atoms. The van der Waals surface area contributed by atoms with Crippen molar-refractivity contribution in [1.29, 1.82) is 0 Å². The number of nitrogens with one attached hydrogen (secondary N) is 1. The van der Waals surface area contributed by atoms with Crippen molar-refractivity contribution in [3.63, 3.8) is 0 Å². The number of hydrogen-bond acceptors (Lipinski definition) is 8. The fourth-order valence-corrected chi connectivity index (χ4v) is 4.97. The Hall–Kier alpha value is -2.17. The summed E-state index contributed by atoms with van der Waals surface area (Å²) in [7, 11) is 1.59. The topological polar surface area (TPSA) is 99.2 Å². The summed E-state index contributed by atoms with van der Waals surface area (Å²) < 4.78 is 11.8. The van der Waals surface area contributed by atoms with Crippen LogP contribution in [0.4, 0.5) is 5.82 Å². The minimum atomic E-state index is -0.438. The smallest absolute Gasteiger partial charge is 0.263 e. The lowest BCUT2D eigenvalue weighted by Gasteiger charge is -2.16. The Bertz CT molecular complexity index is 1090. The van der Waals surface area contributed by atoms with E-state index in [0.717, 1.165) is 10.4 Å². The number of nitrogens with zero attached hydrogens (tertiary/aromatic N) is 3. The average molecular weight is 437 g/mol. The van der Waals surface area contributed by atoms with E-state index in [0.29, 0.717) is 46.5 Å². The molecule has 10 heteroatoms. The minimum Gasteiger partial charge on any atom is -0.383 e. The van der Waals surface area contributed by atoms with Gasteiger partial charge in [-0.3, -0.25) is 14.2 Å². The standard InChI is InChI=1S/C19H24N4O4S2/c1-6-13(16(24)20-14-9-10(2)27-22-14)29-19-21-17-15(11(3)12(4)28-17)18(25)23(19)7-8-26-5/h9,13H,6-8H2,1-5H3,(H,20,22,24). The van der Waals surface area contributed by atoms with Crippen molar-refractivity contribution in [1.82, 2.24) is 14.7 Å². The molecule has 1 unspecified atom stereocenters. The first-order valence-corrected chi connectivity index (χ1v) is 11.0. The van der Waals surface area contributed by atoms with E-state index in [1.807, 2.05) is 20.8 Å². The van der Waals surface area contributed by atoms with E-state index in [1.54, 1.807) is 24.7 Å². The van der Waals surface area contributed by atoms with Crippen LogP contribution >= 0.6 is 23.1 Å². The van der Waals surface area contributed by atoms with Crippen LogP contribution in [0.1, 0.15) is 29.5 Å². The molecule has 1 amide bonds. The third kappa shape index (κ3) is 4.54. The number of thioether (sulfide) groups is 1. The molecule has 0 aliphatic carbocycles. The summed E-state index contributed by atoms with van der Waals surface area (Å²) in [6.07, 6.45) is 0.564. The summed E-state index contributed by atoms with van der Waals surface area (Å²) in [5.74, 6) is 0.776. The number of methoxy groups -OCH3 is 1. The first-order valence-electron chi connectivity index (χ1n) is 9.26. The maximum atomic E-state index is 13.2. The van der Waals surface area contributed by atoms with Gasteiger partial charge in [0, 0.05) is 18.1 Å². The van der Waals surface area contributed by atoms with Crippen molar-refractivity contribution >= 4 is 45.0 Å². The molecule has 0 saturated heterocycles. The van der Waals surface area contributed by atoms with Crippen LogP contribution in [0.2, 0.25) is 0 Å². The second kappa shape index (κ2) is 9.10. The molecule has 0 radical (unpaired) electrons. The van der Waals surface area contributed by atoms with Gasteiger partial charge in [0.2, 0.25) is 5.91 Å². The number of anilines is 1. The Labute approximate surface area is 176 Å². The van der Waals surface area contributed by atoms with Crippen LogP contribution in [0.25, 0.3) is 10.2 Å². The molecular weight excluding hydrogens is 412 g/mol. The van der Waals surface area contributed by atoms with Gasteiger partial charge in [0.15, 0.2) is 11.0 Å². The van der Waals surface area contributed by atoms with Crippen LogP contribution in [0, 0.1) is 20.8 Å². The lowest BCUT2D eigenvalue weighted by atomic mass is 10.2. The molecule has 8 nitrogen and oxygen atoms in total. The second-order valence-corrected chi connectivity index (χ2v) is 9.01. The number of amides is 1. The van der Waals surface area contributed by atoms with Gasteiger partial charge in [0.25, 0.3) is 5.56 Å². The number of carbonyl (C=O) groups excluding carboxylic acids is 1. The Kier molecular flexibility index (Phi) is 6.76. The first kappa shape index (κ1) is 21.5. The van der Waals surface area contributed by atoms with E-state index in [9.17, 15) is 9.59 Å². The Morgan fingerprint density at radius 3 is 2.79 bits per heavy atom. The number of ether oxygens (including phenoxy) is 1. The van der Waals surface area contributed by atoms with Crippen LogP contribution in [0.3, 0.4) is 0 Å². The quantitative estimate of drug-likeness (QED) is 0.426. The van der Waals surface area contributed by atoms with E-state index in [4.69, 9.17) is 14.2 Å². The molecule has 0 aromatic carbocycles. The number of aromatic nitrogens is 3. The van der Waals surface area contributed by atoms with Gasteiger partial charge in [-0.1, -0.05) is 23.8 Å². The van der Waals surface area contributed by atoms with Crippen molar-refractivity contribution in [3.05, 3.63) is 32.6 Å². The molecule has 156 valence electrons. The molecule has 3 heterocycles. The van der Waals surface area contributed by atoms with Gasteiger partial charge in [0.1, 0.15) is 10.6 Å². The molecule has 3 aromatic heterocycles. The highest BCUT2D eigenvalue weighted by atomic mass is 32.2. The van der Waals surface area contributed by atoms with Gasteiger partial charge in [-0.15, -0.1) is 11.3 Å². The minimum absolute atomic E-state index is 0.0983. The molecule has 0 aliphatic heterocycles. The molecule has 3 rings (SSSR count). The SMILES string of the molecule is CCC(Sc1nc2sc(C)c(C)c2c(=O)n1CCOC)C(=O)Nc1cc(C)on1. The van der Waals surface area contributed by atoms with Gasteiger partial charge in [0.05, 0.1) is 23.8 Å². The summed E-state index contributed by atoms with van der Waals surface area (Å²) in [4.78, 5) is 32.4. The number of carbonyl (C=O) groups is 1. The summed E-state index contributed by atoms with van der Waals surface area (Å²) >= 11 is 2.77. The predicted molar refractivity (Wildman–Crippen MR) is 115 cm³/mol. The molecular formula is C19H24N4O4S2. The lowest BCUT2D eigenvalue weighted by Crippen LogP contribution is -2.29. The summed E-state index contributed by atoms with van der Waals surface area (Å²) in [5, 5.41) is 7.28. The van der Waals surface area contributed by atoms with Crippen molar-refractivity contribution in [2.45, 2.75) is 51.1 Å². The van der Waals surface area contributed by atoms with Gasteiger partial charge < -0.3 is 14.6 Å². The number of aryl methyl sites for hydroxylation is 3. The molecule has 3 aromatic rings. The fourth-order valence-electron chi connectivity index (χ4n) is 2.86. The summed E-state index contributed by atoms with van der Waals surface area (Å²) in [6, 6.07) is 1.66. The second-order valence-electron chi connectivity index (χ2n) is 6.63. The van der Waals surface area contributed by atoms with E-state index < -0.39 is 5.25 Å². The number of hydrogen-bond donors (Lipinski definition) is 1. The van der Waals surface area contributed by atoms with Crippen LogP contribution < -0.4 is 10.9 Å². The Balaban J connectivity index is 1.95. The van der Waals surface area contributed by atoms with Gasteiger partial charge in [-0.2, -0.15) is 0 Å². The number of fused-ring (bicyclic) bond motifs is 1. The average Bonchev–Trinajstić information content (AvgIpc) is 3.21. The van der Waals surface area contributed by atoms with Crippen molar-refractivity contribution < 1.29 is 14.1 Å². The molecule has 1 atom stereocenters. The Morgan fingerprint density at radius 1 is 1.41 bits per heavy atom. The normalized spacial score (nSPS) is 12.4. The highest BCUT2D eigenvalue weighted by molar-refractivity contribution is 8.00. The van der Waals surface area contributed by atoms with Crippen molar-refractivity contribution in [2.24, 2.45) is 0 Å². The van der Waals surface area contributed by atoms with Crippen LogP contribution in [-0.2, 0) is 16.1 Å². The maximum absolute atomic E-state index is 13.2. The first-order chi connectivity index (χ1) is 13.8. The highest BCUT2D eigenvalue weighted by Crippen LogP contribution is 2.30. The van der Waals surface area contributed by atoms with Gasteiger partial charge in [-0.25, -0.2) is 4.98 Å². The van der Waals surface area contributed by atoms with E-state index in [-0.39, 0.29) is 11.5 Å². The van der Waals surface area contributed by atoms with Crippen molar-refractivity contribution in [3.8, 4) is 0 Å². The van der Waals surface area contributed by atoms with Crippen LogP contribution in [0.5, 0.6) is 0 Å². The zero-order chi connectivity index (χ0) is 21.1. The molecule has 1 N–H and O–H groups in total. The van der Waals surface area contributed by atoms with Gasteiger partial charge >= 0.3 is 0 Å². The van der Waals surface area contributed by atoms with Crippen LogP contribution in [-0.4, -0.2) is 39.6 Å². The fraction of sp³-hybridized carbons (Fsp3) is 0.474. The largest absolute Gasteiger partial charge is 0.383 e. The van der Waals surface area contributed by atoms with Gasteiger partial charge in [-0.05, 0) is 32.8 Å². The molecule has 0 aliphatic rings. The molecule has 0 fully saturated rings. The van der Waals surface area contributed by atoms with E-state index in [1.165, 1.54) is 23.1 Å². The van der Waals surface area contributed by atoms with E-state index >= 15 is 0 Å². The zero-order valence-electron chi connectivity index (χ0n) is 17.1. The predicted octanol–water partition coefficient (Wildman–Crippen LogP) is 3.53. The third-order valence-corrected chi connectivity index (χ3v) is 7.02. The monoisotopic (exact) mass is 436 g/mol. The van der Waals surface area contributed by atoms with Crippen molar-refractivity contribution in [2.75, 3.05) is 19.0 Å². The maximum Gasteiger partial charge on any atom is 0.263 e. The summed E-state index contributed by atoms with van der Waals surface area (Å²) in [5.41, 5.74) is 0.857. The Morgan fingerprint density at radius 2 is 2.17 bits per heavy atom. The lowest BCUT2D eigenvalue weighted by molar-refractivity contribution is -0.115. The highest BCUT2D eigenvalue weighted by Gasteiger charge is 2.24. The number of rotatable bonds is 8. The zero-order valence-corrected chi connectivity index (χ0v) is 18.7. The molecule has 0 bridgehead atoms. The molecule has 0 spiro atoms. The van der Waals surface area contributed by atoms with Crippen LogP contribution in [0.15, 0.2) is 20.5 Å². The van der Waals surface area contributed by atoms with E-state index in [2.05, 4.69) is 10.5 Å². The molecule has 0 saturated carbocycles. The third-order valence-electron chi connectivity index (χ3n) is 4.56. The summed E-state index contributed by atoms with van der Waals surface area (Å²) in [6.45, 7) is 8.34.